The molecule has 0 atom stereocenters. The van der Waals surface area contributed by atoms with Crippen molar-refractivity contribution in [3.05, 3.63) is 46.5 Å². The molecule has 2 aromatic heterocycles. The van der Waals surface area contributed by atoms with Crippen LogP contribution < -0.4 is 5.32 Å². The van der Waals surface area contributed by atoms with Crippen molar-refractivity contribution in [2.75, 3.05) is 6.54 Å². The van der Waals surface area contributed by atoms with E-state index in [-0.39, 0.29) is 5.91 Å². The molecule has 3 rings (SSSR count). The number of hydrogen-bond donors (Lipinski definition) is 2. The molecule has 0 fully saturated rings. The maximum Gasteiger partial charge on any atom is 0.272 e. The number of thiazole rings is 1. The summed E-state index contributed by atoms with van der Waals surface area (Å²) in [6.45, 7) is 0.559. The maximum absolute atomic E-state index is 12.0. The van der Waals surface area contributed by atoms with E-state index < -0.39 is 0 Å². The van der Waals surface area contributed by atoms with Crippen molar-refractivity contribution >= 4 is 28.1 Å². The van der Waals surface area contributed by atoms with E-state index in [1.807, 2.05) is 29.6 Å². The van der Waals surface area contributed by atoms with Crippen LogP contribution in [0.3, 0.4) is 0 Å². The number of aromatic nitrogens is 3. The molecule has 0 aliphatic rings. The Kier molecular flexibility index (Phi) is 3.24. The van der Waals surface area contributed by atoms with Gasteiger partial charge < -0.3 is 5.32 Å². The van der Waals surface area contributed by atoms with Gasteiger partial charge in [-0.15, -0.1) is 11.3 Å². The van der Waals surface area contributed by atoms with Crippen LogP contribution in [-0.2, 0) is 6.42 Å². The molecule has 0 spiro atoms. The first kappa shape index (κ1) is 11.9. The molecule has 1 aromatic carbocycles. The van der Waals surface area contributed by atoms with Gasteiger partial charge >= 0.3 is 0 Å². The Labute approximate surface area is 113 Å². The van der Waals surface area contributed by atoms with Gasteiger partial charge in [-0.1, -0.05) is 18.2 Å². The van der Waals surface area contributed by atoms with E-state index in [4.69, 9.17) is 0 Å². The number of H-pyrrole nitrogens is 1. The third-order valence-electron chi connectivity index (χ3n) is 2.84. The smallest absolute Gasteiger partial charge is 0.272 e. The molecule has 0 saturated heterocycles. The van der Waals surface area contributed by atoms with Crippen molar-refractivity contribution in [1.29, 1.82) is 0 Å². The monoisotopic (exact) mass is 272 g/mol. The second-order valence-electron chi connectivity index (χ2n) is 4.10. The summed E-state index contributed by atoms with van der Waals surface area (Å²) in [5.41, 5.74) is 4.09. The third kappa shape index (κ3) is 2.48. The van der Waals surface area contributed by atoms with Crippen LogP contribution in [0.1, 0.15) is 16.2 Å². The average Bonchev–Trinajstić information content (AvgIpc) is 3.07. The Morgan fingerprint density at radius 1 is 1.37 bits per heavy atom. The van der Waals surface area contributed by atoms with Gasteiger partial charge in [-0.3, -0.25) is 9.89 Å². The van der Waals surface area contributed by atoms with Crippen LogP contribution in [0.5, 0.6) is 0 Å². The van der Waals surface area contributed by atoms with E-state index in [0.29, 0.717) is 12.2 Å². The lowest BCUT2D eigenvalue weighted by Crippen LogP contribution is -2.26. The van der Waals surface area contributed by atoms with E-state index in [2.05, 4.69) is 20.5 Å². The normalized spacial score (nSPS) is 10.7. The molecule has 5 nitrogen and oxygen atoms in total. The lowest BCUT2D eigenvalue weighted by molar-refractivity contribution is 0.0950. The number of nitrogens with one attached hydrogen (secondary N) is 2. The molecule has 1 amide bonds. The summed E-state index contributed by atoms with van der Waals surface area (Å²) in [6.07, 6.45) is 0.734. The highest BCUT2D eigenvalue weighted by Crippen LogP contribution is 2.14. The minimum Gasteiger partial charge on any atom is -0.350 e. The zero-order valence-electron chi connectivity index (χ0n) is 10.1. The highest BCUT2D eigenvalue weighted by Gasteiger charge is 2.12. The minimum atomic E-state index is -0.160. The van der Waals surface area contributed by atoms with Gasteiger partial charge in [0.25, 0.3) is 5.91 Å². The minimum absolute atomic E-state index is 0.160. The Hall–Kier alpha value is -2.21. The predicted molar refractivity (Wildman–Crippen MR) is 74.2 cm³/mol. The van der Waals surface area contributed by atoms with Crippen molar-refractivity contribution in [3.63, 3.8) is 0 Å². The van der Waals surface area contributed by atoms with Crippen LogP contribution in [0.25, 0.3) is 10.9 Å². The topological polar surface area (TPSA) is 70.7 Å². The van der Waals surface area contributed by atoms with Crippen molar-refractivity contribution in [2.45, 2.75) is 6.42 Å². The Morgan fingerprint density at radius 3 is 3.11 bits per heavy atom. The van der Waals surface area contributed by atoms with E-state index in [0.717, 1.165) is 23.0 Å². The summed E-state index contributed by atoms with van der Waals surface area (Å²) >= 11 is 1.56. The molecule has 0 saturated carbocycles. The van der Waals surface area contributed by atoms with Gasteiger partial charge in [-0.2, -0.15) is 5.10 Å². The molecule has 0 unspecified atom stereocenters. The fourth-order valence-corrected chi connectivity index (χ4v) is 2.48. The quantitative estimate of drug-likeness (QED) is 0.763. The second kappa shape index (κ2) is 5.19. The molecule has 0 radical (unpaired) electrons. The lowest BCUT2D eigenvalue weighted by atomic mass is 10.2. The maximum atomic E-state index is 12.0. The number of nitrogens with zero attached hydrogens (tertiary/aromatic N) is 2. The van der Waals surface area contributed by atoms with Crippen LogP contribution in [0.4, 0.5) is 0 Å². The number of carbonyl (C=O) groups is 1. The third-order valence-corrected chi connectivity index (χ3v) is 3.47. The fraction of sp³-hybridized carbons (Fsp3) is 0.154. The van der Waals surface area contributed by atoms with E-state index >= 15 is 0 Å². The van der Waals surface area contributed by atoms with Gasteiger partial charge in [0.05, 0.1) is 16.7 Å². The standard InChI is InChI=1S/C13H12N4OS/c18-13(14-6-5-9-7-19-8-15-9)12-10-3-1-2-4-11(10)16-17-12/h1-4,7-8H,5-6H2,(H,14,18)(H,16,17). The molecule has 19 heavy (non-hydrogen) atoms. The molecule has 0 bridgehead atoms. The molecule has 2 heterocycles. The number of carbonyl (C=O) groups excluding carboxylic acids is 1. The van der Waals surface area contributed by atoms with E-state index in [1.165, 1.54) is 0 Å². The summed E-state index contributed by atoms with van der Waals surface area (Å²) < 4.78 is 0. The number of rotatable bonds is 4. The molecule has 3 aromatic rings. The molecule has 2 N–H and O–H groups in total. The highest BCUT2D eigenvalue weighted by molar-refractivity contribution is 7.07. The van der Waals surface area contributed by atoms with Gasteiger partial charge in [-0.05, 0) is 6.07 Å². The number of fused-ring (bicyclic) bond motifs is 1. The fourth-order valence-electron chi connectivity index (χ4n) is 1.89. The van der Waals surface area contributed by atoms with Crippen molar-refractivity contribution in [3.8, 4) is 0 Å². The number of amides is 1. The Bertz CT molecular complexity index is 690. The van der Waals surface area contributed by atoms with Crippen LogP contribution in [0, 0.1) is 0 Å². The van der Waals surface area contributed by atoms with Gasteiger partial charge in [0.2, 0.25) is 0 Å². The van der Waals surface area contributed by atoms with Crippen LogP contribution >= 0.6 is 11.3 Å². The van der Waals surface area contributed by atoms with Crippen molar-refractivity contribution in [1.82, 2.24) is 20.5 Å². The van der Waals surface area contributed by atoms with Gasteiger partial charge in [-0.25, -0.2) is 4.98 Å². The van der Waals surface area contributed by atoms with Crippen molar-refractivity contribution < 1.29 is 4.79 Å². The summed E-state index contributed by atoms with van der Waals surface area (Å²) in [5, 5.41) is 12.6. The molecular formula is C13H12N4OS. The zero-order valence-corrected chi connectivity index (χ0v) is 10.9. The van der Waals surface area contributed by atoms with Crippen LogP contribution in [-0.4, -0.2) is 27.6 Å². The van der Waals surface area contributed by atoms with Gasteiger partial charge in [0.1, 0.15) is 0 Å². The van der Waals surface area contributed by atoms with Gasteiger partial charge in [0, 0.05) is 23.7 Å². The molecular weight excluding hydrogens is 260 g/mol. The Morgan fingerprint density at radius 2 is 2.26 bits per heavy atom. The van der Waals surface area contributed by atoms with Gasteiger partial charge in [0.15, 0.2) is 5.69 Å². The summed E-state index contributed by atoms with van der Waals surface area (Å²) in [4.78, 5) is 16.2. The number of aromatic amines is 1. The first-order valence-corrected chi connectivity index (χ1v) is 6.87. The lowest BCUT2D eigenvalue weighted by Gasteiger charge is -2.01. The first-order valence-electron chi connectivity index (χ1n) is 5.93. The highest BCUT2D eigenvalue weighted by atomic mass is 32.1. The van der Waals surface area contributed by atoms with E-state index in [9.17, 15) is 4.79 Å². The summed E-state index contributed by atoms with van der Waals surface area (Å²) in [7, 11) is 0. The molecule has 96 valence electrons. The SMILES string of the molecule is O=C(NCCc1cscn1)c1n[nH]c2ccccc12. The number of benzene rings is 1. The Balaban J connectivity index is 1.67. The first-order chi connectivity index (χ1) is 9.34. The number of hydrogen-bond acceptors (Lipinski definition) is 4. The van der Waals surface area contributed by atoms with Crippen LogP contribution in [0.2, 0.25) is 0 Å². The molecule has 0 aliphatic heterocycles. The summed E-state index contributed by atoms with van der Waals surface area (Å²) in [6, 6.07) is 7.58. The van der Waals surface area contributed by atoms with E-state index in [1.54, 1.807) is 16.8 Å². The summed E-state index contributed by atoms with van der Waals surface area (Å²) in [5.74, 6) is -0.160. The second-order valence-corrected chi connectivity index (χ2v) is 4.82. The van der Waals surface area contributed by atoms with Crippen molar-refractivity contribution in [2.24, 2.45) is 0 Å². The zero-order chi connectivity index (χ0) is 13.1. The molecule has 6 heteroatoms. The number of para-hydroxylation sites is 1. The molecule has 0 aliphatic carbocycles. The van der Waals surface area contributed by atoms with Crippen LogP contribution in [0.15, 0.2) is 35.2 Å². The predicted octanol–water partition coefficient (Wildman–Crippen LogP) is 1.99. The largest absolute Gasteiger partial charge is 0.350 e. The average molecular weight is 272 g/mol.